The van der Waals surface area contributed by atoms with Gasteiger partial charge in [-0.2, -0.15) is 0 Å². The molecule has 4 heteroatoms. The van der Waals surface area contributed by atoms with E-state index in [4.69, 9.17) is 5.73 Å². The van der Waals surface area contributed by atoms with Crippen molar-refractivity contribution in [3.05, 3.63) is 29.6 Å². The first-order valence-electron chi connectivity index (χ1n) is 5.61. The zero-order valence-electron chi connectivity index (χ0n) is 9.86. The van der Waals surface area contributed by atoms with Crippen LogP contribution in [0.2, 0.25) is 0 Å². The van der Waals surface area contributed by atoms with Crippen LogP contribution in [-0.2, 0) is 0 Å². The van der Waals surface area contributed by atoms with Gasteiger partial charge in [0, 0.05) is 17.9 Å². The molecule has 0 aliphatic heterocycles. The highest BCUT2D eigenvalue weighted by Crippen LogP contribution is 2.02. The summed E-state index contributed by atoms with van der Waals surface area (Å²) in [6, 6.07) is 3.77. The second-order valence-electron chi connectivity index (χ2n) is 3.84. The molecule has 0 aliphatic rings. The average Bonchev–Trinajstić information content (AvgIpc) is 2.29. The lowest BCUT2D eigenvalue weighted by atomic mass is 10.1. The minimum atomic E-state index is -0.0761. The van der Waals surface area contributed by atoms with E-state index in [1.54, 1.807) is 12.3 Å². The maximum absolute atomic E-state index is 11.8. The number of nitrogens with two attached hydrogens (primary N) is 1. The molecule has 0 aliphatic carbocycles. The van der Waals surface area contributed by atoms with Gasteiger partial charge in [0.1, 0.15) is 0 Å². The first kappa shape index (κ1) is 12.6. The molecule has 1 unspecified atom stereocenters. The van der Waals surface area contributed by atoms with Crippen molar-refractivity contribution in [3.63, 3.8) is 0 Å². The maximum Gasteiger partial charge on any atom is 0.253 e. The zero-order valence-corrected chi connectivity index (χ0v) is 9.86. The van der Waals surface area contributed by atoms with Crippen LogP contribution in [0.4, 0.5) is 0 Å². The van der Waals surface area contributed by atoms with Crippen molar-refractivity contribution in [1.29, 1.82) is 0 Å². The van der Waals surface area contributed by atoms with E-state index in [0.717, 1.165) is 18.5 Å². The highest BCUT2D eigenvalue weighted by molar-refractivity contribution is 5.94. The van der Waals surface area contributed by atoms with E-state index in [0.29, 0.717) is 12.1 Å². The first-order chi connectivity index (χ1) is 7.67. The summed E-state index contributed by atoms with van der Waals surface area (Å²) in [4.78, 5) is 15.9. The smallest absolute Gasteiger partial charge is 0.253 e. The van der Waals surface area contributed by atoms with E-state index in [1.807, 2.05) is 19.9 Å². The van der Waals surface area contributed by atoms with Crippen LogP contribution in [0.5, 0.6) is 0 Å². The minimum Gasteiger partial charge on any atom is -0.349 e. The van der Waals surface area contributed by atoms with Gasteiger partial charge in [-0.25, -0.2) is 0 Å². The Kier molecular flexibility index (Phi) is 4.92. The van der Waals surface area contributed by atoms with Crippen LogP contribution in [0.25, 0.3) is 0 Å². The Balaban J connectivity index is 2.60. The first-order valence-corrected chi connectivity index (χ1v) is 5.61. The monoisotopic (exact) mass is 221 g/mol. The van der Waals surface area contributed by atoms with Crippen LogP contribution < -0.4 is 11.1 Å². The molecule has 88 valence electrons. The Labute approximate surface area is 96.3 Å². The fraction of sp³-hybridized carbons (Fsp3) is 0.500. The summed E-state index contributed by atoms with van der Waals surface area (Å²) in [5.74, 6) is -0.0761. The predicted molar refractivity (Wildman–Crippen MR) is 64.2 cm³/mol. The SMILES string of the molecule is CCC(CCN)NC(=O)c1ccc(C)nc1. The zero-order chi connectivity index (χ0) is 12.0. The van der Waals surface area contributed by atoms with Crippen LogP contribution >= 0.6 is 0 Å². The topological polar surface area (TPSA) is 68.0 Å². The molecule has 0 radical (unpaired) electrons. The molecule has 3 N–H and O–H groups in total. The van der Waals surface area contributed by atoms with E-state index in [9.17, 15) is 4.79 Å². The Morgan fingerprint density at radius 2 is 2.31 bits per heavy atom. The van der Waals surface area contributed by atoms with Gasteiger partial charge in [0.25, 0.3) is 5.91 Å². The summed E-state index contributed by atoms with van der Waals surface area (Å²) in [5.41, 5.74) is 6.98. The molecule has 0 bridgehead atoms. The van der Waals surface area contributed by atoms with Crippen LogP contribution in [0.3, 0.4) is 0 Å². The Bertz CT molecular complexity index is 335. The number of carbonyl (C=O) groups is 1. The number of aromatic nitrogens is 1. The number of carbonyl (C=O) groups excluding carboxylic acids is 1. The molecule has 0 fully saturated rings. The quantitative estimate of drug-likeness (QED) is 0.786. The lowest BCUT2D eigenvalue weighted by Gasteiger charge is -2.15. The van der Waals surface area contributed by atoms with Gasteiger partial charge in [0.2, 0.25) is 0 Å². The molecule has 1 rings (SSSR count). The third-order valence-corrected chi connectivity index (χ3v) is 2.52. The fourth-order valence-electron chi connectivity index (χ4n) is 1.45. The second kappa shape index (κ2) is 6.23. The lowest BCUT2D eigenvalue weighted by molar-refractivity contribution is 0.0934. The van der Waals surface area contributed by atoms with Gasteiger partial charge in [-0.3, -0.25) is 9.78 Å². The summed E-state index contributed by atoms with van der Waals surface area (Å²) in [7, 11) is 0. The van der Waals surface area contributed by atoms with Crippen molar-refractivity contribution in [3.8, 4) is 0 Å². The standard InChI is InChI=1S/C12H19N3O/c1-3-11(6-7-13)15-12(16)10-5-4-9(2)14-8-10/h4-5,8,11H,3,6-7,13H2,1-2H3,(H,15,16). The van der Waals surface area contributed by atoms with Crippen LogP contribution in [-0.4, -0.2) is 23.5 Å². The van der Waals surface area contributed by atoms with E-state index < -0.39 is 0 Å². The fourth-order valence-corrected chi connectivity index (χ4v) is 1.45. The van der Waals surface area contributed by atoms with Crippen molar-refractivity contribution in [2.24, 2.45) is 5.73 Å². The maximum atomic E-state index is 11.8. The number of aryl methyl sites for hydroxylation is 1. The van der Waals surface area contributed by atoms with Crippen molar-refractivity contribution < 1.29 is 4.79 Å². The minimum absolute atomic E-state index is 0.0761. The number of hydrogen-bond donors (Lipinski definition) is 2. The summed E-state index contributed by atoms with van der Waals surface area (Å²) < 4.78 is 0. The molecule has 1 heterocycles. The largest absolute Gasteiger partial charge is 0.349 e. The highest BCUT2D eigenvalue weighted by Gasteiger charge is 2.11. The number of amides is 1. The van der Waals surface area contributed by atoms with E-state index >= 15 is 0 Å². The number of pyridine rings is 1. The van der Waals surface area contributed by atoms with Gasteiger partial charge in [0.15, 0.2) is 0 Å². The van der Waals surface area contributed by atoms with Gasteiger partial charge in [-0.1, -0.05) is 6.92 Å². The third-order valence-electron chi connectivity index (χ3n) is 2.52. The Morgan fingerprint density at radius 1 is 1.56 bits per heavy atom. The number of rotatable bonds is 5. The summed E-state index contributed by atoms with van der Waals surface area (Å²) in [6.07, 6.45) is 3.30. The molecule has 1 atom stereocenters. The number of nitrogens with zero attached hydrogens (tertiary/aromatic N) is 1. The van der Waals surface area contributed by atoms with Crippen LogP contribution in [0.1, 0.15) is 35.8 Å². The molecular formula is C12H19N3O. The van der Waals surface area contributed by atoms with Crippen LogP contribution in [0.15, 0.2) is 18.3 Å². The molecule has 16 heavy (non-hydrogen) atoms. The molecule has 1 aromatic rings. The van der Waals surface area contributed by atoms with Gasteiger partial charge in [-0.05, 0) is 38.4 Å². The predicted octanol–water partition coefficient (Wildman–Crippen LogP) is 1.25. The third kappa shape index (κ3) is 3.62. The van der Waals surface area contributed by atoms with E-state index in [1.165, 1.54) is 0 Å². The molecule has 0 saturated heterocycles. The summed E-state index contributed by atoms with van der Waals surface area (Å²) in [5, 5.41) is 2.94. The molecule has 0 aromatic carbocycles. The normalized spacial score (nSPS) is 12.2. The van der Waals surface area contributed by atoms with Crippen LogP contribution in [0, 0.1) is 6.92 Å². The lowest BCUT2D eigenvalue weighted by Crippen LogP contribution is -2.35. The molecule has 0 saturated carbocycles. The number of nitrogens with one attached hydrogen (secondary N) is 1. The molecule has 0 spiro atoms. The molecule has 1 aromatic heterocycles. The van der Waals surface area contributed by atoms with Crippen molar-refractivity contribution in [2.75, 3.05) is 6.54 Å². The average molecular weight is 221 g/mol. The van der Waals surface area contributed by atoms with Crippen molar-refractivity contribution in [2.45, 2.75) is 32.7 Å². The van der Waals surface area contributed by atoms with Crippen molar-refractivity contribution >= 4 is 5.91 Å². The molecule has 4 nitrogen and oxygen atoms in total. The molecule has 1 amide bonds. The number of hydrogen-bond acceptors (Lipinski definition) is 3. The van der Waals surface area contributed by atoms with Gasteiger partial charge >= 0.3 is 0 Å². The van der Waals surface area contributed by atoms with Gasteiger partial charge in [0.05, 0.1) is 5.56 Å². The Morgan fingerprint density at radius 3 is 2.81 bits per heavy atom. The summed E-state index contributed by atoms with van der Waals surface area (Å²) in [6.45, 7) is 4.52. The highest BCUT2D eigenvalue weighted by atomic mass is 16.1. The summed E-state index contributed by atoms with van der Waals surface area (Å²) >= 11 is 0. The van der Waals surface area contributed by atoms with Gasteiger partial charge in [-0.15, -0.1) is 0 Å². The Hall–Kier alpha value is -1.42. The second-order valence-corrected chi connectivity index (χ2v) is 3.84. The van der Waals surface area contributed by atoms with E-state index in [2.05, 4.69) is 10.3 Å². The van der Waals surface area contributed by atoms with E-state index in [-0.39, 0.29) is 11.9 Å². The van der Waals surface area contributed by atoms with Gasteiger partial charge < -0.3 is 11.1 Å². The van der Waals surface area contributed by atoms with Crippen molar-refractivity contribution in [1.82, 2.24) is 10.3 Å². The molecular weight excluding hydrogens is 202 g/mol.